The highest BCUT2D eigenvalue weighted by Crippen LogP contribution is 1.94. The van der Waals surface area contributed by atoms with Gasteiger partial charge in [-0.05, 0) is 24.0 Å². The van der Waals surface area contributed by atoms with Gasteiger partial charge in [-0.25, -0.2) is 4.37 Å². The van der Waals surface area contributed by atoms with Gasteiger partial charge >= 0.3 is 0 Å². The Morgan fingerprint density at radius 2 is 2.83 bits per heavy atom. The van der Waals surface area contributed by atoms with Crippen LogP contribution in [0, 0.1) is 12.3 Å². The Morgan fingerprint density at radius 3 is 3.00 bits per heavy atom. The van der Waals surface area contributed by atoms with E-state index in [9.17, 15) is 0 Å². The Kier molecular flexibility index (Phi) is 0.881. The number of rotatable bonds is 0. The number of aryl methyl sites for hydroxylation is 1. The van der Waals surface area contributed by atoms with E-state index in [2.05, 4.69) is 9.75 Å². The second kappa shape index (κ2) is 1.39. The van der Waals surface area contributed by atoms with Crippen molar-refractivity contribution in [2.24, 2.45) is 0 Å². The third-order valence-electron chi connectivity index (χ3n) is 0.506. The van der Waals surface area contributed by atoms with Crippen LogP contribution in [0.4, 0.5) is 0 Å². The summed E-state index contributed by atoms with van der Waals surface area (Å²) in [5.41, 5.74) is 1.13. The number of hydrogen-bond acceptors (Lipinski definition) is 2. The third-order valence-corrected chi connectivity index (χ3v) is 1.13. The van der Waals surface area contributed by atoms with Crippen molar-refractivity contribution in [1.82, 2.24) is 4.37 Å². The highest BCUT2D eigenvalue weighted by molar-refractivity contribution is 7.03. The molecule has 6 heavy (non-hydrogen) atoms. The molecule has 0 aliphatic carbocycles. The van der Waals surface area contributed by atoms with Gasteiger partial charge in [0, 0.05) is 6.20 Å². The van der Waals surface area contributed by atoms with Crippen LogP contribution in [-0.4, -0.2) is 4.37 Å². The summed E-state index contributed by atoms with van der Waals surface area (Å²) in [5.74, 6) is 0. The Hall–Kier alpha value is -0.370. The van der Waals surface area contributed by atoms with Crippen LogP contribution in [0.25, 0.3) is 0 Å². The maximum atomic E-state index is 3.81. The zero-order valence-electron chi connectivity index (χ0n) is 3.43. The quantitative estimate of drug-likeness (QED) is 0.476. The maximum Gasteiger partial charge on any atom is 0.0697 e. The van der Waals surface area contributed by atoms with Gasteiger partial charge in [-0.15, -0.1) is 0 Å². The largest absolute Gasteiger partial charge is 0.200 e. The first-order valence-corrected chi connectivity index (χ1v) is 2.46. The average molecular weight is 98.1 g/mol. The van der Waals surface area contributed by atoms with E-state index in [1.54, 1.807) is 6.20 Å². The highest BCUT2D eigenvalue weighted by Gasteiger charge is 1.77. The minimum Gasteiger partial charge on any atom is -0.200 e. The fraction of sp³-hybridized carbons (Fsp3) is 0.250. The van der Waals surface area contributed by atoms with Crippen molar-refractivity contribution < 1.29 is 0 Å². The van der Waals surface area contributed by atoms with Crippen LogP contribution in [0.2, 0.25) is 0 Å². The van der Waals surface area contributed by atoms with Gasteiger partial charge in [-0.2, -0.15) is 0 Å². The van der Waals surface area contributed by atoms with Crippen molar-refractivity contribution >= 4 is 11.5 Å². The molecule has 0 unspecified atom stereocenters. The molecule has 1 aromatic rings. The first-order chi connectivity index (χ1) is 2.89. The van der Waals surface area contributed by atoms with Crippen molar-refractivity contribution in [3.8, 4) is 0 Å². The molecule has 1 aromatic heterocycles. The molecule has 0 bridgehead atoms. The molecule has 1 nitrogen and oxygen atoms in total. The zero-order valence-corrected chi connectivity index (χ0v) is 4.25. The summed E-state index contributed by atoms with van der Waals surface area (Å²) in [6.45, 7) is 1.98. The van der Waals surface area contributed by atoms with Crippen LogP contribution < -0.4 is 0 Å². The minimum atomic E-state index is 1.13. The molecular weight excluding hydrogens is 94.1 g/mol. The number of aromatic nitrogens is 1. The topological polar surface area (TPSA) is 12.9 Å². The molecule has 1 heterocycles. The van der Waals surface area contributed by atoms with E-state index in [0.29, 0.717) is 0 Å². The van der Waals surface area contributed by atoms with E-state index in [-0.39, 0.29) is 0 Å². The van der Waals surface area contributed by atoms with E-state index in [1.807, 2.05) is 6.92 Å². The molecule has 0 saturated carbocycles. The SMILES string of the molecule is Cc1[c]snc1. The maximum absolute atomic E-state index is 3.81. The summed E-state index contributed by atoms with van der Waals surface area (Å²) >= 11 is 1.36. The van der Waals surface area contributed by atoms with Crippen LogP contribution >= 0.6 is 11.5 Å². The van der Waals surface area contributed by atoms with Crippen molar-refractivity contribution in [1.29, 1.82) is 0 Å². The summed E-state index contributed by atoms with van der Waals surface area (Å²) in [5, 5.41) is 2.93. The molecule has 0 saturated heterocycles. The fourth-order valence-corrected chi connectivity index (χ4v) is 0.690. The van der Waals surface area contributed by atoms with Gasteiger partial charge in [-0.3, -0.25) is 0 Å². The van der Waals surface area contributed by atoms with E-state index in [4.69, 9.17) is 0 Å². The van der Waals surface area contributed by atoms with Crippen LogP contribution in [-0.2, 0) is 0 Å². The smallest absolute Gasteiger partial charge is 0.0697 e. The molecule has 0 spiro atoms. The third kappa shape index (κ3) is 0.571. The molecule has 0 N–H and O–H groups in total. The number of nitrogens with zero attached hydrogens (tertiary/aromatic N) is 1. The lowest BCUT2D eigenvalue weighted by Gasteiger charge is -1.61. The van der Waals surface area contributed by atoms with Gasteiger partial charge in [0.05, 0.1) is 5.38 Å². The molecule has 0 fully saturated rings. The van der Waals surface area contributed by atoms with Crippen molar-refractivity contribution in [3.05, 3.63) is 17.1 Å². The molecule has 1 rings (SSSR count). The molecule has 0 aliphatic heterocycles. The number of hydrogen-bond donors (Lipinski definition) is 0. The monoisotopic (exact) mass is 98.0 g/mol. The fourth-order valence-electron chi connectivity index (χ4n) is 0.230. The molecular formula is C4H4NS. The standard InChI is InChI=1S/C4H4NS/c1-4-2-5-6-3-4/h2H,1H3. The molecule has 0 aliphatic rings. The zero-order chi connectivity index (χ0) is 4.41. The minimum absolute atomic E-state index is 1.13. The Bertz CT molecular complexity index is 111. The van der Waals surface area contributed by atoms with Crippen LogP contribution in [0.15, 0.2) is 6.20 Å². The first kappa shape index (κ1) is 3.81. The van der Waals surface area contributed by atoms with Gasteiger partial charge in [0.1, 0.15) is 0 Å². The van der Waals surface area contributed by atoms with Gasteiger partial charge < -0.3 is 0 Å². The van der Waals surface area contributed by atoms with E-state index < -0.39 is 0 Å². The highest BCUT2D eigenvalue weighted by atomic mass is 32.1. The summed E-state index contributed by atoms with van der Waals surface area (Å²) in [7, 11) is 0. The van der Waals surface area contributed by atoms with E-state index >= 15 is 0 Å². The van der Waals surface area contributed by atoms with Gasteiger partial charge in [0.25, 0.3) is 0 Å². The van der Waals surface area contributed by atoms with E-state index in [1.165, 1.54) is 11.5 Å². The second-order valence-electron chi connectivity index (χ2n) is 1.11. The summed E-state index contributed by atoms with van der Waals surface area (Å²) in [4.78, 5) is 0. The normalized spacial score (nSPS) is 8.83. The Morgan fingerprint density at radius 1 is 2.00 bits per heavy atom. The lowest BCUT2D eigenvalue weighted by molar-refractivity contribution is 1.45. The van der Waals surface area contributed by atoms with Crippen molar-refractivity contribution in [2.75, 3.05) is 0 Å². The van der Waals surface area contributed by atoms with Gasteiger partial charge in [0.2, 0.25) is 0 Å². The molecule has 31 valence electrons. The molecule has 0 atom stereocenters. The van der Waals surface area contributed by atoms with Gasteiger partial charge in [0.15, 0.2) is 0 Å². The average Bonchev–Trinajstić information content (AvgIpc) is 1.86. The molecule has 0 aromatic carbocycles. The van der Waals surface area contributed by atoms with E-state index in [0.717, 1.165) is 5.56 Å². The second-order valence-corrected chi connectivity index (χ2v) is 1.71. The van der Waals surface area contributed by atoms with Crippen molar-refractivity contribution in [2.45, 2.75) is 6.92 Å². The summed E-state index contributed by atoms with van der Waals surface area (Å²) in [6, 6.07) is 0. The first-order valence-electron chi connectivity index (χ1n) is 1.68. The summed E-state index contributed by atoms with van der Waals surface area (Å²) in [6.07, 6.45) is 1.80. The lowest BCUT2D eigenvalue weighted by atomic mass is 10.5. The Labute approximate surface area is 40.8 Å². The molecule has 2 heteroatoms. The predicted octanol–water partition coefficient (Wildman–Crippen LogP) is 1.25. The predicted molar refractivity (Wildman–Crippen MR) is 25.7 cm³/mol. The van der Waals surface area contributed by atoms with Crippen molar-refractivity contribution in [3.63, 3.8) is 0 Å². The lowest BCUT2D eigenvalue weighted by Crippen LogP contribution is -1.51. The van der Waals surface area contributed by atoms with Crippen LogP contribution in [0.3, 0.4) is 0 Å². The van der Waals surface area contributed by atoms with Crippen LogP contribution in [0.1, 0.15) is 5.56 Å². The molecule has 1 radical (unpaired) electrons. The van der Waals surface area contributed by atoms with Crippen LogP contribution in [0.5, 0.6) is 0 Å². The van der Waals surface area contributed by atoms with Gasteiger partial charge in [-0.1, -0.05) is 0 Å². The Balaban J connectivity index is 3.05. The molecule has 0 amide bonds. The summed E-state index contributed by atoms with van der Waals surface area (Å²) < 4.78 is 3.81.